The van der Waals surface area contributed by atoms with Gasteiger partial charge in [0, 0.05) is 33.1 Å². The van der Waals surface area contributed by atoms with Crippen LogP contribution in [0.2, 0.25) is 0 Å². The minimum absolute atomic E-state index is 0.127. The second kappa shape index (κ2) is 13.0. The van der Waals surface area contributed by atoms with Crippen LogP contribution in [0.1, 0.15) is 47.2 Å². The highest BCUT2D eigenvalue weighted by Crippen LogP contribution is 2.57. The van der Waals surface area contributed by atoms with Gasteiger partial charge in [0.2, 0.25) is 0 Å². The third-order valence-corrected chi connectivity index (χ3v) is 13.4. The summed E-state index contributed by atoms with van der Waals surface area (Å²) in [5.41, 5.74) is 19.8. The summed E-state index contributed by atoms with van der Waals surface area (Å²) in [5.74, 6) is 0. The van der Waals surface area contributed by atoms with Crippen LogP contribution in [-0.2, 0) is 10.8 Å². The summed E-state index contributed by atoms with van der Waals surface area (Å²) in [6.45, 7) is 4.70. The second-order valence-corrected chi connectivity index (χ2v) is 16.8. The molecule has 9 aromatic carbocycles. The number of furan rings is 1. The Morgan fingerprint density at radius 1 is 0.383 bits per heavy atom. The molecule has 0 saturated heterocycles. The highest BCUT2D eigenvalue weighted by molar-refractivity contribution is 6.08. The van der Waals surface area contributed by atoms with Crippen molar-refractivity contribution < 1.29 is 4.42 Å². The van der Waals surface area contributed by atoms with Gasteiger partial charge in [0.15, 0.2) is 0 Å². The topological polar surface area (TPSA) is 16.4 Å². The average molecular weight is 768 g/mol. The van der Waals surface area contributed by atoms with E-state index >= 15 is 0 Å². The number of hydrogen-bond acceptors (Lipinski definition) is 2. The molecule has 12 rings (SSSR count). The summed E-state index contributed by atoms with van der Waals surface area (Å²) in [6.07, 6.45) is 0. The molecular formula is C58H41NO. The van der Waals surface area contributed by atoms with E-state index in [2.05, 4.69) is 231 Å². The summed E-state index contributed by atoms with van der Waals surface area (Å²) in [5, 5.41) is 2.19. The first-order valence-corrected chi connectivity index (χ1v) is 20.9. The van der Waals surface area contributed by atoms with Crippen LogP contribution in [0.5, 0.6) is 0 Å². The van der Waals surface area contributed by atoms with E-state index in [1.807, 2.05) is 0 Å². The van der Waals surface area contributed by atoms with Crippen molar-refractivity contribution in [3.63, 3.8) is 0 Å². The molecule has 0 fully saturated rings. The fourth-order valence-electron chi connectivity index (χ4n) is 10.6. The Balaban J connectivity index is 1.09. The zero-order valence-electron chi connectivity index (χ0n) is 33.6. The van der Waals surface area contributed by atoms with Gasteiger partial charge in [0.1, 0.15) is 11.2 Å². The molecule has 0 N–H and O–H groups in total. The quantitative estimate of drug-likeness (QED) is 0.168. The first-order valence-electron chi connectivity index (χ1n) is 20.9. The second-order valence-electron chi connectivity index (χ2n) is 16.8. The Morgan fingerprint density at radius 3 is 1.62 bits per heavy atom. The van der Waals surface area contributed by atoms with Gasteiger partial charge < -0.3 is 9.32 Å². The Labute approximate surface area is 350 Å². The van der Waals surface area contributed by atoms with E-state index in [1.54, 1.807) is 0 Å². The fraction of sp³-hybridized carbons (Fsp3) is 0.0690. The highest BCUT2D eigenvalue weighted by Gasteiger charge is 2.46. The van der Waals surface area contributed by atoms with Gasteiger partial charge in [-0.05, 0) is 110 Å². The molecule has 2 heteroatoms. The molecule has 0 radical (unpaired) electrons. The van der Waals surface area contributed by atoms with Gasteiger partial charge in [-0.2, -0.15) is 0 Å². The molecule has 0 amide bonds. The molecule has 1 aromatic heterocycles. The number of fused-ring (bicyclic) bond motifs is 9. The molecule has 284 valence electrons. The lowest BCUT2D eigenvalue weighted by molar-refractivity contribution is 0.660. The van der Waals surface area contributed by atoms with Crippen LogP contribution in [-0.4, -0.2) is 0 Å². The van der Waals surface area contributed by atoms with Gasteiger partial charge in [-0.1, -0.05) is 178 Å². The summed E-state index contributed by atoms with van der Waals surface area (Å²) in [6, 6.07) is 77.9. The van der Waals surface area contributed by atoms with E-state index in [0.717, 1.165) is 39.0 Å². The predicted molar refractivity (Wildman–Crippen MR) is 249 cm³/mol. The number of hydrogen-bond donors (Lipinski definition) is 0. The van der Waals surface area contributed by atoms with E-state index in [4.69, 9.17) is 4.42 Å². The van der Waals surface area contributed by atoms with Gasteiger partial charge in [-0.3, -0.25) is 0 Å². The van der Waals surface area contributed by atoms with Crippen LogP contribution in [0.25, 0.3) is 55.3 Å². The van der Waals surface area contributed by atoms with Crippen molar-refractivity contribution in [1.29, 1.82) is 0 Å². The standard InChI is InChI=1S/C58H41NO/c1-57(2)49-23-12-11-22-46(49)56-52(57)26-15-27-53(56)59(42-31-28-39(29-32-42)38-16-5-3-6-17-38)43-33-35-55-48(37-43)47-36-41(30-34-54(47)60-55)58(40-18-7-4-8-19-40)50-24-13-9-20-44(50)45-21-10-14-25-51(45)58/h3-37H,1-2H3. The molecule has 0 unspecified atom stereocenters. The molecule has 0 bridgehead atoms. The van der Waals surface area contributed by atoms with Crippen molar-refractivity contribution in [2.75, 3.05) is 4.90 Å². The molecule has 0 saturated carbocycles. The lowest BCUT2D eigenvalue weighted by Crippen LogP contribution is -2.28. The van der Waals surface area contributed by atoms with Crippen LogP contribution >= 0.6 is 0 Å². The summed E-state index contributed by atoms with van der Waals surface area (Å²) < 4.78 is 6.69. The van der Waals surface area contributed by atoms with Gasteiger partial charge in [0.05, 0.1) is 11.1 Å². The molecule has 0 atom stereocenters. The van der Waals surface area contributed by atoms with Crippen molar-refractivity contribution >= 4 is 39.0 Å². The maximum Gasteiger partial charge on any atom is 0.135 e. The largest absolute Gasteiger partial charge is 0.456 e. The van der Waals surface area contributed by atoms with Crippen LogP contribution in [0.3, 0.4) is 0 Å². The Kier molecular flexibility index (Phi) is 7.52. The van der Waals surface area contributed by atoms with Crippen molar-refractivity contribution in [3.8, 4) is 33.4 Å². The Bertz CT molecular complexity index is 3240. The Morgan fingerprint density at radius 2 is 0.917 bits per heavy atom. The maximum absolute atomic E-state index is 6.69. The fourth-order valence-corrected chi connectivity index (χ4v) is 10.6. The average Bonchev–Trinajstić information content (AvgIpc) is 3.91. The number of nitrogens with zero attached hydrogens (tertiary/aromatic N) is 1. The molecule has 2 aliphatic rings. The number of benzene rings is 9. The molecule has 2 nitrogen and oxygen atoms in total. The molecule has 60 heavy (non-hydrogen) atoms. The minimum Gasteiger partial charge on any atom is -0.456 e. The molecule has 0 aliphatic heterocycles. The van der Waals surface area contributed by atoms with Gasteiger partial charge in [0.25, 0.3) is 0 Å². The molecular weight excluding hydrogens is 727 g/mol. The highest BCUT2D eigenvalue weighted by atomic mass is 16.3. The van der Waals surface area contributed by atoms with E-state index in [0.29, 0.717) is 0 Å². The minimum atomic E-state index is -0.499. The van der Waals surface area contributed by atoms with Crippen molar-refractivity contribution in [2.24, 2.45) is 0 Å². The Hall–Kier alpha value is -7.42. The third-order valence-electron chi connectivity index (χ3n) is 13.4. The summed E-state index contributed by atoms with van der Waals surface area (Å²) in [4.78, 5) is 2.45. The molecule has 0 spiro atoms. The number of anilines is 3. The van der Waals surface area contributed by atoms with E-state index < -0.39 is 5.41 Å². The van der Waals surface area contributed by atoms with Crippen LogP contribution in [0, 0.1) is 0 Å². The molecule has 2 aliphatic carbocycles. The first kappa shape index (κ1) is 34.6. The lowest BCUT2D eigenvalue weighted by atomic mass is 9.67. The van der Waals surface area contributed by atoms with Gasteiger partial charge >= 0.3 is 0 Å². The van der Waals surface area contributed by atoms with Crippen molar-refractivity contribution in [1.82, 2.24) is 0 Å². The summed E-state index contributed by atoms with van der Waals surface area (Å²) in [7, 11) is 0. The van der Waals surface area contributed by atoms with Gasteiger partial charge in [-0.25, -0.2) is 0 Å². The zero-order valence-corrected chi connectivity index (χ0v) is 33.6. The molecule has 1 heterocycles. The maximum atomic E-state index is 6.69. The zero-order chi connectivity index (χ0) is 40.0. The first-order chi connectivity index (χ1) is 29.5. The van der Waals surface area contributed by atoms with Crippen molar-refractivity contribution in [3.05, 3.63) is 246 Å². The SMILES string of the molecule is CC1(C)c2ccccc2-c2c(N(c3ccc(-c4ccccc4)cc3)c3ccc4oc5ccc(C6(c7ccccc7)c7ccccc7-c7ccccc76)cc5c4c3)cccc21. The van der Waals surface area contributed by atoms with Crippen molar-refractivity contribution in [2.45, 2.75) is 24.7 Å². The van der Waals surface area contributed by atoms with Gasteiger partial charge in [-0.15, -0.1) is 0 Å². The third kappa shape index (κ3) is 4.88. The van der Waals surface area contributed by atoms with E-state index in [1.165, 1.54) is 66.8 Å². The van der Waals surface area contributed by atoms with Crippen LogP contribution in [0.15, 0.2) is 217 Å². The smallest absolute Gasteiger partial charge is 0.135 e. The lowest BCUT2D eigenvalue weighted by Gasteiger charge is -2.33. The number of rotatable bonds is 6. The molecule has 10 aromatic rings. The van der Waals surface area contributed by atoms with E-state index in [9.17, 15) is 0 Å². The normalized spacial score (nSPS) is 14.1. The monoisotopic (exact) mass is 767 g/mol. The van der Waals surface area contributed by atoms with Crippen LogP contribution < -0.4 is 4.90 Å². The van der Waals surface area contributed by atoms with Crippen LogP contribution in [0.4, 0.5) is 17.1 Å². The predicted octanol–water partition coefficient (Wildman–Crippen LogP) is 15.4. The summed E-state index contributed by atoms with van der Waals surface area (Å²) >= 11 is 0. The van der Waals surface area contributed by atoms with E-state index in [-0.39, 0.29) is 5.41 Å².